The van der Waals surface area contributed by atoms with E-state index in [2.05, 4.69) is 277 Å². The monoisotopic (exact) mass is 868 g/mol. The topological polar surface area (TPSA) is 6.48 Å². The summed E-state index contributed by atoms with van der Waals surface area (Å²) in [6, 6.07) is 99.9. The number of hydrogen-bond acceptors (Lipinski definition) is 2. The maximum absolute atomic E-state index is 3.62. The summed E-state index contributed by atoms with van der Waals surface area (Å²) in [5.74, 6) is 0. The van der Waals surface area contributed by atoms with Crippen LogP contribution in [0.2, 0.25) is 0 Å². The molecule has 0 bridgehead atoms. The van der Waals surface area contributed by atoms with Crippen LogP contribution in [-0.2, 0) is 0 Å². The Morgan fingerprint density at radius 1 is 0.209 bits per heavy atom. The van der Waals surface area contributed by atoms with E-state index in [9.17, 15) is 0 Å². The van der Waals surface area contributed by atoms with E-state index in [1.54, 1.807) is 0 Å². The highest BCUT2D eigenvalue weighted by Gasteiger charge is 2.58. The largest absolute Gasteiger partial charge is 0.315 e. The van der Waals surface area contributed by atoms with Gasteiger partial charge in [0.15, 0.2) is 0 Å². The molecule has 3 heterocycles. The third-order valence-corrected chi connectivity index (χ3v) is 18.8. The summed E-state index contributed by atoms with van der Waals surface area (Å²) in [6.45, 7) is 0. The van der Waals surface area contributed by atoms with E-state index in [4.69, 9.17) is 0 Å². The zero-order chi connectivity index (χ0) is 44.3. The van der Waals surface area contributed by atoms with Gasteiger partial charge in [0.25, 0.3) is 0 Å². The number of fused-ring (bicyclic) bond motifs is 10. The van der Waals surface area contributed by atoms with Crippen molar-refractivity contribution in [2.75, 3.05) is 9.80 Å². The number of hydrogen-bond donors (Lipinski definition) is 0. The van der Waals surface area contributed by atoms with Gasteiger partial charge in [-0.2, -0.15) is 0 Å². The molecular weight excluding hydrogens is 825 g/mol. The molecule has 10 aromatic rings. The van der Waals surface area contributed by atoms with Crippen molar-refractivity contribution in [1.29, 1.82) is 0 Å². The zero-order valence-electron chi connectivity index (χ0n) is 36.8. The van der Waals surface area contributed by atoms with E-state index in [1.165, 1.54) is 87.8 Å². The van der Waals surface area contributed by atoms with Gasteiger partial charge in [0.2, 0.25) is 8.07 Å². The summed E-state index contributed by atoms with van der Waals surface area (Å²) in [7, 11) is -3.62. The molecule has 0 radical (unpaired) electrons. The third kappa shape index (κ3) is 5.88. The Morgan fingerprint density at radius 3 is 0.716 bits per heavy atom. The Morgan fingerprint density at radius 2 is 0.433 bits per heavy atom. The van der Waals surface area contributed by atoms with Crippen molar-refractivity contribution in [3.05, 3.63) is 289 Å². The minimum Gasteiger partial charge on any atom is -0.315 e. The molecule has 0 atom stereocenters. The third-order valence-electron chi connectivity index (χ3n) is 14.0. The van der Waals surface area contributed by atoms with Crippen molar-refractivity contribution in [3.63, 3.8) is 0 Å². The lowest BCUT2D eigenvalue weighted by Gasteiger charge is -2.44. The predicted octanol–water partition coefficient (Wildman–Crippen LogP) is 15.1. The molecule has 3 heteroatoms. The molecule has 0 spiro atoms. The van der Waals surface area contributed by atoms with Crippen LogP contribution < -0.4 is 20.2 Å². The molecule has 0 saturated carbocycles. The number of allylic oxidation sites excluding steroid dienone is 2. The van der Waals surface area contributed by atoms with Crippen molar-refractivity contribution >= 4 is 52.3 Å². The van der Waals surface area contributed by atoms with Gasteiger partial charge in [0.1, 0.15) is 0 Å². The first-order chi connectivity index (χ1) is 33.3. The highest BCUT2D eigenvalue weighted by atomic mass is 28.3. The molecule has 0 saturated heterocycles. The number of para-hydroxylation sites is 4. The Hall–Kier alpha value is -8.50. The Bertz CT molecular complexity index is 3200. The second-order valence-electron chi connectivity index (χ2n) is 17.5. The van der Waals surface area contributed by atoms with E-state index in [1.807, 2.05) is 0 Å². The van der Waals surface area contributed by atoms with Gasteiger partial charge in [-0.05, 0) is 68.0 Å². The van der Waals surface area contributed by atoms with Crippen molar-refractivity contribution in [3.8, 4) is 44.5 Å². The quantitative estimate of drug-likeness (QED) is 0.154. The van der Waals surface area contributed by atoms with E-state index in [0.29, 0.717) is 0 Å². The van der Waals surface area contributed by atoms with Crippen LogP contribution in [-0.4, -0.2) is 8.07 Å². The van der Waals surface area contributed by atoms with Crippen LogP contribution in [0.4, 0.5) is 22.7 Å². The number of anilines is 4. The molecule has 3 aliphatic heterocycles. The predicted molar refractivity (Wildman–Crippen MR) is 284 cm³/mol. The molecule has 13 rings (SSSR count). The molecule has 0 amide bonds. The summed E-state index contributed by atoms with van der Waals surface area (Å²) in [4.78, 5) is 5.42. The molecule has 10 aromatic carbocycles. The zero-order valence-corrected chi connectivity index (χ0v) is 37.8. The molecule has 0 N–H and O–H groups in total. The lowest BCUT2D eigenvalue weighted by atomic mass is 9.92. The standard InChI is InChI=1S/C64H44N2Si/c1-5-25-45(26-6-1)61-62(46-27-7-2-8-28-46)64(66-59-43-23-19-39-55(59)51-35-15-16-36-52(51)56-40-20-24-44-60(56)66)67(47-29-9-3-10-30-47,48-31-11-4-12-32-48)63(61)65-57-41-21-17-37-53(57)49-33-13-14-34-50(49)54-38-18-22-42-58(54)65/h1-44H. The normalized spacial score (nSPS) is 14.2. The minimum absolute atomic E-state index is 1.16. The fourth-order valence-corrected chi connectivity index (χ4v) is 16.9. The van der Waals surface area contributed by atoms with Gasteiger partial charge in [0.05, 0.1) is 22.7 Å². The Labute approximate surface area is 393 Å². The first-order valence-electron chi connectivity index (χ1n) is 23.2. The van der Waals surface area contributed by atoms with Gasteiger partial charge in [-0.1, -0.05) is 243 Å². The molecule has 2 nitrogen and oxygen atoms in total. The molecule has 67 heavy (non-hydrogen) atoms. The van der Waals surface area contributed by atoms with E-state index >= 15 is 0 Å². The molecule has 0 fully saturated rings. The molecule has 0 aromatic heterocycles. The van der Waals surface area contributed by atoms with Crippen molar-refractivity contribution in [2.45, 2.75) is 0 Å². The van der Waals surface area contributed by atoms with Crippen molar-refractivity contribution in [1.82, 2.24) is 0 Å². The average Bonchev–Trinajstić information content (AvgIpc) is 3.57. The fourth-order valence-electron chi connectivity index (χ4n) is 11.4. The Kier molecular flexibility index (Phi) is 9.22. The Balaban J connectivity index is 1.30. The van der Waals surface area contributed by atoms with Gasteiger partial charge in [-0.25, -0.2) is 0 Å². The fraction of sp³-hybridized carbons (Fsp3) is 0. The number of benzene rings is 10. The highest BCUT2D eigenvalue weighted by Crippen LogP contribution is 2.60. The second kappa shape index (κ2) is 15.9. The van der Waals surface area contributed by atoms with E-state index in [-0.39, 0.29) is 0 Å². The van der Waals surface area contributed by atoms with E-state index < -0.39 is 8.07 Å². The molecule has 0 unspecified atom stereocenters. The number of rotatable bonds is 6. The van der Waals surface area contributed by atoms with Crippen LogP contribution in [0.1, 0.15) is 11.1 Å². The van der Waals surface area contributed by atoms with Gasteiger partial charge >= 0.3 is 0 Å². The van der Waals surface area contributed by atoms with Crippen LogP contribution in [0.3, 0.4) is 0 Å². The lowest BCUT2D eigenvalue weighted by molar-refractivity contribution is 1.23. The van der Waals surface area contributed by atoms with Gasteiger partial charge < -0.3 is 9.80 Å². The smallest absolute Gasteiger partial charge is 0.220 e. The first kappa shape index (κ1) is 38.9. The summed E-state index contributed by atoms with van der Waals surface area (Å²) in [6.07, 6.45) is 0. The molecule has 3 aliphatic rings. The summed E-state index contributed by atoms with van der Waals surface area (Å²) >= 11 is 0. The SMILES string of the molecule is c1ccc(C2=C(N3c4ccccc4-c4ccccc4-c4ccccc43)[Si](c3ccccc3)(c3ccccc3)C(N3c4ccccc4-c4ccccc4-c4ccccc43)=C2c2ccccc2)cc1. The van der Waals surface area contributed by atoms with E-state index in [0.717, 1.165) is 22.7 Å². The van der Waals surface area contributed by atoms with Crippen molar-refractivity contribution < 1.29 is 0 Å². The van der Waals surface area contributed by atoms with Crippen molar-refractivity contribution in [2.24, 2.45) is 0 Å². The first-order valence-corrected chi connectivity index (χ1v) is 25.2. The van der Waals surface area contributed by atoms with Gasteiger partial charge in [-0.3, -0.25) is 0 Å². The summed E-state index contributed by atoms with van der Waals surface area (Å²) in [5.41, 5.74) is 19.1. The van der Waals surface area contributed by atoms with Gasteiger partial charge in [0, 0.05) is 44.0 Å². The lowest BCUT2D eigenvalue weighted by Crippen LogP contribution is -2.66. The maximum atomic E-state index is 2.71. The molecule has 0 aliphatic carbocycles. The molecular formula is C64H44N2Si. The van der Waals surface area contributed by atoms with Crippen LogP contribution in [0.25, 0.3) is 55.7 Å². The van der Waals surface area contributed by atoms with Crippen LogP contribution in [0, 0.1) is 0 Å². The van der Waals surface area contributed by atoms with Gasteiger partial charge in [-0.15, -0.1) is 0 Å². The average molecular weight is 869 g/mol. The number of nitrogens with zero attached hydrogens (tertiary/aromatic N) is 2. The van der Waals surface area contributed by atoms with Crippen LogP contribution in [0.15, 0.2) is 278 Å². The van der Waals surface area contributed by atoms with Crippen LogP contribution in [0.5, 0.6) is 0 Å². The maximum Gasteiger partial charge on any atom is 0.220 e. The minimum atomic E-state index is -3.62. The van der Waals surface area contributed by atoms with Crippen LogP contribution >= 0.6 is 0 Å². The second-order valence-corrected chi connectivity index (χ2v) is 21.1. The highest BCUT2D eigenvalue weighted by molar-refractivity contribution is 7.15. The summed E-state index contributed by atoms with van der Waals surface area (Å²) in [5, 5.41) is 5.21. The molecule has 314 valence electrons. The summed E-state index contributed by atoms with van der Waals surface area (Å²) < 4.78 is 0.